The van der Waals surface area contributed by atoms with Crippen molar-refractivity contribution >= 4 is 18.1 Å². The third-order valence-corrected chi connectivity index (χ3v) is 1.19. The van der Waals surface area contributed by atoms with Gasteiger partial charge in [0.2, 0.25) is 0 Å². The molecular formula is C7H5ClFNO. The molecule has 0 aliphatic rings. The molecule has 1 aromatic carbocycles. The van der Waals surface area contributed by atoms with Gasteiger partial charge in [-0.25, -0.2) is 4.39 Å². The van der Waals surface area contributed by atoms with Gasteiger partial charge in [-0.1, -0.05) is 17.3 Å². The fraction of sp³-hybridized carbons (Fsp3) is 0. The Balaban J connectivity index is 2.73. The number of nitrogens with zero attached hydrogens (tertiary/aromatic N) is 1. The molecule has 1 aromatic rings. The van der Waals surface area contributed by atoms with Crippen molar-refractivity contribution in [2.24, 2.45) is 5.16 Å². The predicted octanol–water partition coefficient (Wildman–Crippen LogP) is 2.33. The van der Waals surface area contributed by atoms with Gasteiger partial charge >= 0.3 is 0 Å². The second-order valence-electron chi connectivity index (χ2n) is 1.86. The Morgan fingerprint density at radius 1 is 1.36 bits per heavy atom. The molecule has 0 spiro atoms. The Bertz CT molecular complexity index is 247. The van der Waals surface area contributed by atoms with Crippen molar-refractivity contribution in [1.82, 2.24) is 0 Å². The van der Waals surface area contributed by atoms with Crippen LogP contribution in [0, 0.1) is 5.82 Å². The van der Waals surface area contributed by atoms with Gasteiger partial charge in [0.1, 0.15) is 5.82 Å². The second-order valence-corrected chi connectivity index (χ2v) is 1.99. The van der Waals surface area contributed by atoms with Gasteiger partial charge in [0.05, 0.1) is 6.21 Å². The number of benzene rings is 1. The first-order valence-electron chi connectivity index (χ1n) is 2.89. The van der Waals surface area contributed by atoms with E-state index >= 15 is 0 Å². The third-order valence-electron chi connectivity index (χ3n) is 1.11. The first-order valence-corrected chi connectivity index (χ1v) is 3.20. The number of hydrogen-bond acceptors (Lipinski definition) is 2. The summed E-state index contributed by atoms with van der Waals surface area (Å²) in [5.74, 6) is -0.283. The minimum atomic E-state index is -0.283. The highest BCUT2D eigenvalue weighted by Crippen LogP contribution is 1.99. The van der Waals surface area contributed by atoms with Crippen LogP contribution in [0.4, 0.5) is 4.39 Å². The van der Waals surface area contributed by atoms with Crippen molar-refractivity contribution in [3.63, 3.8) is 0 Å². The highest BCUT2D eigenvalue weighted by molar-refractivity contribution is 6.07. The van der Waals surface area contributed by atoms with Crippen LogP contribution in [0.15, 0.2) is 29.4 Å². The Hall–Kier alpha value is -1.09. The SMILES string of the molecule is Fc1ccc(C=NOCl)cc1. The Labute approximate surface area is 68.4 Å². The van der Waals surface area contributed by atoms with Gasteiger partial charge < -0.3 is 0 Å². The average Bonchev–Trinajstić information content (AvgIpc) is 2.04. The van der Waals surface area contributed by atoms with Gasteiger partial charge in [0, 0.05) is 0 Å². The van der Waals surface area contributed by atoms with Crippen molar-refractivity contribution in [3.8, 4) is 0 Å². The fourth-order valence-electron chi connectivity index (χ4n) is 0.630. The number of halogens is 2. The van der Waals surface area contributed by atoms with E-state index in [0.29, 0.717) is 0 Å². The molecule has 0 N–H and O–H groups in total. The molecule has 0 saturated carbocycles. The van der Waals surface area contributed by atoms with Crippen molar-refractivity contribution < 1.29 is 8.78 Å². The van der Waals surface area contributed by atoms with Crippen LogP contribution in [0.2, 0.25) is 0 Å². The quantitative estimate of drug-likeness (QED) is 0.497. The van der Waals surface area contributed by atoms with E-state index in [2.05, 4.69) is 9.55 Å². The highest BCUT2D eigenvalue weighted by Gasteiger charge is 1.88. The van der Waals surface area contributed by atoms with Crippen LogP contribution in [0.5, 0.6) is 0 Å². The lowest BCUT2D eigenvalue weighted by Gasteiger charge is -1.89. The van der Waals surface area contributed by atoms with Gasteiger partial charge in [0.15, 0.2) is 11.9 Å². The molecule has 2 nitrogen and oxygen atoms in total. The number of hydrogen-bond donors (Lipinski definition) is 0. The minimum Gasteiger partial charge on any atom is -0.277 e. The summed E-state index contributed by atoms with van der Waals surface area (Å²) in [7, 11) is 0. The molecule has 11 heavy (non-hydrogen) atoms. The van der Waals surface area contributed by atoms with Gasteiger partial charge in [0.25, 0.3) is 0 Å². The summed E-state index contributed by atoms with van der Waals surface area (Å²) < 4.78 is 16.2. The van der Waals surface area contributed by atoms with E-state index in [1.54, 1.807) is 12.1 Å². The Morgan fingerprint density at radius 2 is 2.00 bits per heavy atom. The zero-order chi connectivity index (χ0) is 8.10. The van der Waals surface area contributed by atoms with E-state index in [4.69, 9.17) is 11.9 Å². The lowest BCUT2D eigenvalue weighted by atomic mass is 10.2. The summed E-state index contributed by atoms with van der Waals surface area (Å²) in [5.41, 5.74) is 0.729. The molecule has 0 saturated heterocycles. The molecule has 0 aliphatic carbocycles. The topological polar surface area (TPSA) is 21.6 Å². The number of rotatable bonds is 2. The monoisotopic (exact) mass is 173 g/mol. The van der Waals surface area contributed by atoms with E-state index in [9.17, 15) is 4.39 Å². The van der Waals surface area contributed by atoms with Crippen LogP contribution in [0.25, 0.3) is 0 Å². The zero-order valence-electron chi connectivity index (χ0n) is 5.50. The summed E-state index contributed by atoms with van der Waals surface area (Å²) >= 11 is 4.81. The molecule has 58 valence electrons. The van der Waals surface area contributed by atoms with Crippen molar-refractivity contribution in [2.75, 3.05) is 0 Å². The molecule has 0 heterocycles. The Morgan fingerprint density at radius 3 is 2.55 bits per heavy atom. The maximum atomic E-state index is 12.3. The van der Waals surface area contributed by atoms with Gasteiger partial charge in [-0.05, 0) is 17.7 Å². The first-order chi connectivity index (χ1) is 5.33. The predicted molar refractivity (Wildman–Crippen MR) is 40.9 cm³/mol. The van der Waals surface area contributed by atoms with Crippen molar-refractivity contribution in [1.29, 1.82) is 0 Å². The Kier molecular flexibility index (Phi) is 2.86. The molecule has 0 aromatic heterocycles. The summed E-state index contributed by atoms with van der Waals surface area (Å²) in [6, 6.07) is 5.79. The van der Waals surface area contributed by atoms with E-state index in [-0.39, 0.29) is 5.82 Å². The standard InChI is InChI=1S/C7H5ClFNO/c8-11-10-5-6-1-3-7(9)4-2-6/h1-5H. The van der Waals surface area contributed by atoms with Crippen LogP contribution in [-0.2, 0) is 4.39 Å². The molecule has 1 rings (SSSR count). The van der Waals surface area contributed by atoms with Gasteiger partial charge in [-0.15, -0.1) is 0 Å². The first kappa shape index (κ1) is 8.01. The van der Waals surface area contributed by atoms with E-state index in [1.165, 1.54) is 18.3 Å². The van der Waals surface area contributed by atoms with Crippen LogP contribution in [0.3, 0.4) is 0 Å². The molecule has 0 fully saturated rings. The van der Waals surface area contributed by atoms with Crippen molar-refractivity contribution in [3.05, 3.63) is 35.6 Å². The van der Waals surface area contributed by atoms with Crippen LogP contribution in [-0.4, -0.2) is 6.21 Å². The fourth-order valence-corrected chi connectivity index (χ4v) is 0.669. The minimum absolute atomic E-state index is 0.283. The lowest BCUT2D eigenvalue weighted by Crippen LogP contribution is -1.80. The number of oxime groups is 1. The molecule has 0 aliphatic heterocycles. The van der Waals surface area contributed by atoms with Crippen LogP contribution in [0.1, 0.15) is 5.56 Å². The van der Waals surface area contributed by atoms with Crippen LogP contribution >= 0.6 is 11.9 Å². The molecule has 0 radical (unpaired) electrons. The van der Waals surface area contributed by atoms with E-state index in [1.807, 2.05) is 0 Å². The van der Waals surface area contributed by atoms with Gasteiger partial charge in [-0.2, -0.15) is 0 Å². The zero-order valence-corrected chi connectivity index (χ0v) is 6.25. The average molecular weight is 174 g/mol. The summed E-state index contributed by atoms with van der Waals surface area (Å²) in [6.07, 6.45) is 1.38. The summed E-state index contributed by atoms with van der Waals surface area (Å²) in [6.45, 7) is 0. The van der Waals surface area contributed by atoms with E-state index in [0.717, 1.165) is 5.56 Å². The molecular weight excluding hydrogens is 169 g/mol. The molecule has 0 amide bonds. The normalized spacial score (nSPS) is 10.4. The molecule has 0 bridgehead atoms. The molecule has 4 heteroatoms. The maximum Gasteiger partial charge on any atom is 0.167 e. The summed E-state index contributed by atoms with van der Waals surface area (Å²) in [5, 5.41) is 3.29. The summed E-state index contributed by atoms with van der Waals surface area (Å²) in [4.78, 5) is 0. The van der Waals surface area contributed by atoms with Crippen LogP contribution < -0.4 is 0 Å². The maximum absolute atomic E-state index is 12.3. The van der Waals surface area contributed by atoms with E-state index < -0.39 is 0 Å². The van der Waals surface area contributed by atoms with Gasteiger partial charge in [-0.3, -0.25) is 4.39 Å². The highest BCUT2D eigenvalue weighted by atomic mass is 35.5. The van der Waals surface area contributed by atoms with Crippen molar-refractivity contribution in [2.45, 2.75) is 0 Å². The third kappa shape index (κ3) is 2.55. The second kappa shape index (κ2) is 3.93. The molecule has 0 atom stereocenters. The lowest BCUT2D eigenvalue weighted by molar-refractivity contribution is 0.383. The largest absolute Gasteiger partial charge is 0.277 e. The smallest absolute Gasteiger partial charge is 0.167 e. The molecule has 0 unspecified atom stereocenters.